The maximum absolute atomic E-state index is 11.2. The lowest BCUT2D eigenvalue weighted by molar-refractivity contribution is 0.419. The fourth-order valence-electron chi connectivity index (χ4n) is 1.39. The highest BCUT2D eigenvalue weighted by molar-refractivity contribution is 7.91. The third kappa shape index (κ3) is 1.17. The molecule has 0 saturated carbocycles. The van der Waals surface area contributed by atoms with E-state index in [-0.39, 0.29) is 0 Å². The van der Waals surface area contributed by atoms with Gasteiger partial charge in [0.15, 0.2) is 15.7 Å². The molecule has 2 aliphatic heterocycles. The summed E-state index contributed by atoms with van der Waals surface area (Å²) in [6.45, 7) is 0. The van der Waals surface area contributed by atoms with Gasteiger partial charge in [-0.1, -0.05) is 0 Å². The second-order valence-corrected chi connectivity index (χ2v) is 5.13. The van der Waals surface area contributed by atoms with E-state index in [4.69, 9.17) is 0 Å². The lowest BCUT2D eigenvalue weighted by atomic mass is 10.4. The van der Waals surface area contributed by atoms with E-state index in [1.165, 1.54) is 6.26 Å². The van der Waals surface area contributed by atoms with Crippen LogP contribution in [-0.4, -0.2) is 44.2 Å². The Morgan fingerprint density at radius 2 is 2.23 bits per heavy atom. The molecule has 0 radical (unpaired) electrons. The van der Waals surface area contributed by atoms with Gasteiger partial charge in [0.05, 0.1) is 5.70 Å². The average Bonchev–Trinajstić information content (AvgIpc) is 2.51. The van der Waals surface area contributed by atoms with Crippen LogP contribution in [0.2, 0.25) is 0 Å². The molecule has 2 aliphatic rings. The molecular weight excluding hydrogens is 190 g/mol. The van der Waals surface area contributed by atoms with Gasteiger partial charge in [0.25, 0.3) is 0 Å². The molecular formula is C7H9N3O2S. The first kappa shape index (κ1) is 8.43. The first-order chi connectivity index (χ1) is 6.00. The van der Waals surface area contributed by atoms with Crippen molar-refractivity contribution >= 4 is 21.9 Å². The molecule has 0 amide bonds. The van der Waals surface area contributed by atoms with E-state index in [0.717, 1.165) is 5.70 Å². The number of rotatable bonds is 1. The van der Waals surface area contributed by atoms with Crippen LogP contribution < -0.4 is 0 Å². The maximum atomic E-state index is 11.2. The summed E-state index contributed by atoms with van der Waals surface area (Å²) in [5, 5.41) is 0. The summed E-state index contributed by atoms with van der Waals surface area (Å²) in [6.07, 6.45) is 4.54. The van der Waals surface area contributed by atoms with E-state index in [2.05, 4.69) is 9.98 Å². The van der Waals surface area contributed by atoms with Crippen LogP contribution in [0.5, 0.6) is 0 Å². The Labute approximate surface area is 76.4 Å². The van der Waals surface area contributed by atoms with Crippen molar-refractivity contribution in [3.8, 4) is 0 Å². The summed E-state index contributed by atoms with van der Waals surface area (Å²) in [5.41, 5.74) is -0.0263. The van der Waals surface area contributed by atoms with Gasteiger partial charge >= 0.3 is 0 Å². The zero-order chi connectivity index (χ0) is 9.64. The van der Waals surface area contributed by atoms with Crippen LogP contribution in [-0.2, 0) is 9.84 Å². The average molecular weight is 199 g/mol. The minimum Gasteiger partial charge on any atom is -0.337 e. The molecule has 1 unspecified atom stereocenters. The van der Waals surface area contributed by atoms with Crippen LogP contribution in [0.15, 0.2) is 21.8 Å². The molecule has 0 N–H and O–H groups in total. The molecule has 70 valence electrons. The highest BCUT2D eigenvalue weighted by Crippen LogP contribution is 2.24. The van der Waals surface area contributed by atoms with E-state index < -0.39 is 15.3 Å². The van der Waals surface area contributed by atoms with Gasteiger partial charge in [-0.2, -0.15) is 0 Å². The molecule has 2 heterocycles. The molecule has 2 rings (SSSR count). The molecule has 0 aromatic heterocycles. The van der Waals surface area contributed by atoms with Gasteiger partial charge in [0.1, 0.15) is 0 Å². The van der Waals surface area contributed by atoms with Gasteiger partial charge in [-0.15, -0.1) is 0 Å². The number of allylic oxidation sites excluding steroid dienone is 1. The van der Waals surface area contributed by atoms with Gasteiger partial charge in [-0.3, -0.25) is 0 Å². The van der Waals surface area contributed by atoms with Gasteiger partial charge < -0.3 is 4.90 Å². The van der Waals surface area contributed by atoms with Gasteiger partial charge in [0, 0.05) is 19.5 Å². The number of nitrogens with zero attached hydrogens (tertiary/aromatic N) is 3. The summed E-state index contributed by atoms with van der Waals surface area (Å²) in [5.74, 6) is 0.512. The highest BCUT2D eigenvalue weighted by atomic mass is 32.2. The van der Waals surface area contributed by atoms with Crippen LogP contribution in [0.25, 0.3) is 0 Å². The molecule has 6 heteroatoms. The standard InChI is InChI=1S/C7H9N3O2S/c1-10-5-3-4-8-6(5)9-7(10)13(2,11)12/h3-4,7H,1-2H3. The van der Waals surface area contributed by atoms with Gasteiger partial charge in [-0.05, 0) is 6.08 Å². The van der Waals surface area contributed by atoms with E-state index in [9.17, 15) is 8.42 Å². The SMILES string of the molecule is CN1C2=CC=NC2=NC1S(C)(=O)=O. The predicted molar refractivity (Wildman–Crippen MR) is 50.4 cm³/mol. The van der Waals surface area contributed by atoms with Crippen molar-refractivity contribution in [3.05, 3.63) is 11.8 Å². The lowest BCUT2D eigenvalue weighted by Gasteiger charge is -2.18. The Bertz CT molecular complexity index is 433. The third-order valence-electron chi connectivity index (χ3n) is 1.99. The van der Waals surface area contributed by atoms with Crippen LogP contribution in [0.1, 0.15) is 0 Å². The normalized spacial score (nSPS) is 26.0. The van der Waals surface area contributed by atoms with E-state index in [0.29, 0.717) is 5.84 Å². The lowest BCUT2D eigenvalue weighted by Crippen LogP contribution is -2.31. The fourth-order valence-corrected chi connectivity index (χ4v) is 2.37. The molecule has 5 nitrogen and oxygen atoms in total. The molecule has 0 saturated heterocycles. The summed E-state index contributed by atoms with van der Waals surface area (Å²) in [7, 11) is -1.47. The van der Waals surface area contributed by atoms with Crippen LogP contribution >= 0.6 is 0 Å². The van der Waals surface area contributed by atoms with Crippen molar-refractivity contribution < 1.29 is 8.42 Å². The Morgan fingerprint density at radius 1 is 1.54 bits per heavy atom. The minimum absolute atomic E-state index is 0.512. The first-order valence-corrected chi connectivity index (χ1v) is 5.70. The number of hydrogen-bond donors (Lipinski definition) is 0. The Balaban J connectivity index is 2.44. The highest BCUT2D eigenvalue weighted by Gasteiger charge is 2.35. The van der Waals surface area contributed by atoms with Crippen LogP contribution in [0.4, 0.5) is 0 Å². The Morgan fingerprint density at radius 3 is 2.77 bits per heavy atom. The maximum Gasteiger partial charge on any atom is 0.226 e. The van der Waals surface area contributed by atoms with Crippen molar-refractivity contribution in [3.63, 3.8) is 0 Å². The summed E-state index contributed by atoms with van der Waals surface area (Å²) in [6, 6.07) is 0. The minimum atomic E-state index is -3.17. The number of hydrogen-bond acceptors (Lipinski definition) is 5. The molecule has 0 spiro atoms. The van der Waals surface area contributed by atoms with Crippen molar-refractivity contribution in [2.24, 2.45) is 9.98 Å². The Kier molecular flexibility index (Phi) is 1.56. The predicted octanol–water partition coefficient (Wildman–Crippen LogP) is -0.373. The first-order valence-electron chi connectivity index (χ1n) is 3.74. The molecule has 1 atom stereocenters. The van der Waals surface area contributed by atoms with Crippen molar-refractivity contribution in [1.29, 1.82) is 0 Å². The Hall–Kier alpha value is -1.17. The molecule has 0 aromatic carbocycles. The number of sulfone groups is 1. The summed E-state index contributed by atoms with van der Waals surface area (Å²) < 4.78 is 22.5. The second kappa shape index (κ2) is 2.41. The van der Waals surface area contributed by atoms with Crippen LogP contribution in [0.3, 0.4) is 0 Å². The summed E-state index contributed by atoms with van der Waals surface area (Å²) in [4.78, 5) is 9.54. The number of aliphatic imine (C=N–C) groups is 2. The van der Waals surface area contributed by atoms with Crippen LogP contribution in [0, 0.1) is 0 Å². The summed E-state index contributed by atoms with van der Waals surface area (Å²) >= 11 is 0. The quantitative estimate of drug-likeness (QED) is 0.578. The fraction of sp³-hybridized carbons (Fsp3) is 0.429. The molecule has 0 fully saturated rings. The smallest absolute Gasteiger partial charge is 0.226 e. The van der Waals surface area contributed by atoms with Crippen molar-refractivity contribution in [1.82, 2.24) is 4.90 Å². The molecule has 13 heavy (non-hydrogen) atoms. The molecule has 0 bridgehead atoms. The largest absolute Gasteiger partial charge is 0.337 e. The number of likely N-dealkylation sites (N-methyl/N-ethyl adjacent to an activating group) is 1. The van der Waals surface area contributed by atoms with E-state index in [1.807, 2.05) is 0 Å². The third-order valence-corrected chi connectivity index (χ3v) is 3.17. The zero-order valence-corrected chi connectivity index (χ0v) is 8.11. The molecule has 0 aromatic rings. The second-order valence-electron chi connectivity index (χ2n) is 3.05. The number of amidine groups is 1. The van der Waals surface area contributed by atoms with E-state index in [1.54, 1.807) is 24.2 Å². The number of fused-ring (bicyclic) bond motifs is 1. The van der Waals surface area contributed by atoms with Crippen molar-refractivity contribution in [2.45, 2.75) is 5.50 Å². The zero-order valence-electron chi connectivity index (χ0n) is 7.30. The topological polar surface area (TPSA) is 62.1 Å². The van der Waals surface area contributed by atoms with Gasteiger partial charge in [-0.25, -0.2) is 18.4 Å². The van der Waals surface area contributed by atoms with E-state index >= 15 is 0 Å². The van der Waals surface area contributed by atoms with Gasteiger partial charge in [0.2, 0.25) is 5.50 Å². The molecule has 0 aliphatic carbocycles. The van der Waals surface area contributed by atoms with Crippen molar-refractivity contribution in [2.75, 3.05) is 13.3 Å². The monoisotopic (exact) mass is 199 g/mol.